The Bertz CT molecular complexity index is 352. The Balaban J connectivity index is 2.95. The first-order valence-corrected chi connectivity index (χ1v) is 2.77. The van der Waals surface area contributed by atoms with Crippen LogP contribution in [0, 0.1) is 0 Å². The molecule has 5 heteroatoms. The number of H-pyrrole nitrogens is 1. The summed E-state index contributed by atoms with van der Waals surface area (Å²) in [6.07, 6.45) is 2.92. The fourth-order valence-electron chi connectivity index (χ4n) is 0.784. The van der Waals surface area contributed by atoms with E-state index in [0.717, 1.165) is 0 Å². The quantitative estimate of drug-likeness (QED) is 0.544. The van der Waals surface area contributed by atoms with Gasteiger partial charge in [-0.2, -0.15) is 0 Å². The average molecular weight is 145 g/mol. The van der Waals surface area contributed by atoms with Crippen molar-refractivity contribution in [2.75, 3.05) is 5.73 Å². The zero-order valence-electron chi connectivity index (χ0n) is 5.07. The number of hydrogen-bond acceptors (Lipinski definition) is 4. The Morgan fingerprint density at radius 2 is 2.20 bits per heavy atom. The summed E-state index contributed by atoms with van der Waals surface area (Å²) in [5, 5.41) is 0. The molecule has 2 aromatic rings. The van der Waals surface area contributed by atoms with Crippen LogP contribution in [0.4, 0.5) is 5.82 Å². The van der Waals surface area contributed by atoms with Crippen molar-refractivity contribution in [3.05, 3.63) is 12.7 Å². The van der Waals surface area contributed by atoms with E-state index < -0.39 is 0 Å². The van der Waals surface area contributed by atoms with Crippen molar-refractivity contribution in [3.8, 4) is 0 Å². The number of rotatable bonds is 0. The Kier molecular flexibility index (Phi) is 0.858. The van der Waals surface area contributed by atoms with E-state index in [1.54, 1.807) is 0 Å². The van der Waals surface area contributed by atoms with Gasteiger partial charge >= 0.3 is 0 Å². The number of anilines is 1. The maximum Gasteiger partial charge on any atom is 0.182 e. The molecule has 2 aromatic heterocycles. The van der Waals surface area contributed by atoms with Gasteiger partial charge in [-0.1, -0.05) is 0 Å². The van der Waals surface area contributed by atoms with Gasteiger partial charge in [0.15, 0.2) is 11.5 Å². The summed E-state index contributed by atoms with van der Waals surface area (Å²) in [6.45, 7) is 0. The lowest BCUT2D eigenvalue weighted by Crippen LogP contribution is -1.91. The van der Waals surface area contributed by atoms with Crippen molar-refractivity contribution in [3.63, 3.8) is 0 Å². The van der Waals surface area contributed by atoms with Gasteiger partial charge in [-0.3, -0.25) is 0 Å². The van der Waals surface area contributed by atoms with E-state index in [1.165, 1.54) is 12.7 Å². The number of nitrogens with two attached hydrogens (primary N) is 1. The summed E-state index contributed by atoms with van der Waals surface area (Å²) < 4.78 is 0. The average Bonchev–Trinajstić information content (AvgIpc) is 2.36. The molecular formula is C5H5N5. The van der Waals surface area contributed by atoms with E-state index >= 15 is 0 Å². The molecule has 0 aliphatic rings. The van der Waals surface area contributed by atoms with Crippen LogP contribution in [-0.2, 0) is 0 Å². The SMILES string of the molecule is N[14c]1n[14cH]n[14c]2n[14cH][nH][14c]12. The van der Waals surface area contributed by atoms with Crippen LogP contribution in [0.1, 0.15) is 0 Å². The minimum absolute atomic E-state index is 0.433. The van der Waals surface area contributed by atoms with Crippen LogP contribution in [0.2, 0.25) is 0 Å². The molecule has 10 heavy (non-hydrogen) atoms. The molecular weight excluding hydrogens is 140 g/mol. The van der Waals surface area contributed by atoms with Gasteiger partial charge < -0.3 is 10.7 Å². The molecule has 0 aromatic carbocycles. The smallest absolute Gasteiger partial charge is 0.182 e. The third-order valence-electron chi connectivity index (χ3n) is 1.25. The van der Waals surface area contributed by atoms with Crippen molar-refractivity contribution in [1.82, 2.24) is 19.9 Å². The monoisotopic (exact) mass is 145 g/mol. The Hall–Kier alpha value is -1.65. The van der Waals surface area contributed by atoms with E-state index in [1.807, 2.05) is 0 Å². The molecule has 0 atom stereocenters. The molecule has 0 amide bonds. The van der Waals surface area contributed by atoms with E-state index in [0.29, 0.717) is 17.0 Å². The first-order chi connectivity index (χ1) is 4.88. The maximum atomic E-state index is 5.48. The molecule has 0 saturated heterocycles. The van der Waals surface area contributed by atoms with Crippen LogP contribution >= 0.6 is 0 Å². The number of hydrogen-bond donors (Lipinski definition) is 2. The number of imidazole rings is 1. The lowest BCUT2D eigenvalue weighted by molar-refractivity contribution is 1.21. The van der Waals surface area contributed by atoms with Crippen molar-refractivity contribution in [2.24, 2.45) is 0 Å². The van der Waals surface area contributed by atoms with E-state index in [4.69, 9.17) is 5.73 Å². The molecule has 0 aliphatic carbocycles. The predicted molar refractivity (Wildman–Crippen MR) is 36.1 cm³/mol. The molecule has 0 unspecified atom stereocenters. The van der Waals surface area contributed by atoms with Gasteiger partial charge in [-0.25, -0.2) is 15.0 Å². The van der Waals surface area contributed by atoms with E-state index in [-0.39, 0.29) is 0 Å². The van der Waals surface area contributed by atoms with Crippen LogP contribution in [0.25, 0.3) is 11.2 Å². The fraction of sp³-hybridized carbons (Fsp3) is 0. The van der Waals surface area contributed by atoms with Crippen LogP contribution in [0.5, 0.6) is 0 Å². The second kappa shape index (κ2) is 1.66. The zero-order chi connectivity index (χ0) is 6.97. The lowest BCUT2D eigenvalue weighted by atomic mass is 12.1. The molecule has 0 saturated carbocycles. The van der Waals surface area contributed by atoms with Crippen LogP contribution in [0.15, 0.2) is 12.7 Å². The Morgan fingerprint density at radius 1 is 1.30 bits per heavy atom. The molecule has 0 fully saturated rings. The highest BCUT2D eigenvalue weighted by Gasteiger charge is 1.99. The highest BCUT2D eigenvalue weighted by molar-refractivity contribution is 5.80. The highest BCUT2D eigenvalue weighted by atomic mass is 16.0. The first-order valence-electron chi connectivity index (χ1n) is 2.77. The number of aromatic amines is 1. The molecule has 5 nitrogen and oxygen atoms in total. The summed E-state index contributed by atoms with van der Waals surface area (Å²) in [5.41, 5.74) is 6.78. The Morgan fingerprint density at radius 3 is 3.00 bits per heavy atom. The minimum Gasteiger partial charge on any atom is -0.382 e. The van der Waals surface area contributed by atoms with Gasteiger partial charge in [0.1, 0.15) is 11.8 Å². The second-order valence-corrected chi connectivity index (χ2v) is 1.86. The third-order valence-corrected chi connectivity index (χ3v) is 1.25. The van der Waals surface area contributed by atoms with E-state index in [9.17, 15) is 0 Å². The summed E-state index contributed by atoms with van der Waals surface area (Å²) in [7, 11) is 0. The number of nitrogens with zero attached hydrogens (tertiary/aromatic N) is 3. The van der Waals surface area contributed by atoms with Crippen molar-refractivity contribution in [2.45, 2.75) is 0 Å². The molecule has 0 bridgehead atoms. The molecule has 50 valence electrons. The standard InChI is InChI=1S/C5H5N5/c6-4-3-5(9-1-7-3)10-2-8-4/h1-2H,(H3,6,7,8,9,10)/i1+2,2+2,3+2,4+2,5+2. The maximum absolute atomic E-state index is 5.48. The molecule has 2 rings (SSSR count). The van der Waals surface area contributed by atoms with Crippen LogP contribution < -0.4 is 5.73 Å². The number of nitrogen functional groups attached to an aromatic ring is 1. The molecule has 0 radical (unpaired) electrons. The Labute approximate surface area is 56.3 Å². The van der Waals surface area contributed by atoms with Crippen molar-refractivity contribution >= 4 is 17.0 Å². The largest absolute Gasteiger partial charge is 0.382 e. The van der Waals surface area contributed by atoms with Gasteiger partial charge in [-0.15, -0.1) is 0 Å². The molecule has 0 aliphatic heterocycles. The van der Waals surface area contributed by atoms with Crippen molar-refractivity contribution < 1.29 is 0 Å². The van der Waals surface area contributed by atoms with Gasteiger partial charge in [-0.05, 0) is 0 Å². The van der Waals surface area contributed by atoms with Crippen LogP contribution in [-0.4, -0.2) is 19.9 Å². The van der Waals surface area contributed by atoms with Crippen molar-refractivity contribution in [1.29, 1.82) is 0 Å². The van der Waals surface area contributed by atoms with Crippen LogP contribution in [0.3, 0.4) is 0 Å². The summed E-state index contributed by atoms with van der Waals surface area (Å²) in [4.78, 5) is 14.4. The topological polar surface area (TPSA) is 80.5 Å². The first kappa shape index (κ1) is 5.16. The van der Waals surface area contributed by atoms with E-state index in [2.05, 4.69) is 19.9 Å². The molecule has 3 N–H and O–H groups in total. The summed E-state index contributed by atoms with van der Waals surface area (Å²) in [6, 6.07) is 0. The summed E-state index contributed by atoms with van der Waals surface area (Å²) in [5.74, 6) is 0.433. The number of fused-ring (bicyclic) bond motifs is 1. The molecule has 2 heterocycles. The number of nitrogens with one attached hydrogen (secondary N) is 1. The lowest BCUT2D eigenvalue weighted by Gasteiger charge is -1.89. The highest BCUT2D eigenvalue weighted by Crippen LogP contribution is 2.09. The fourth-order valence-corrected chi connectivity index (χ4v) is 0.784. The predicted octanol–water partition coefficient (Wildman–Crippen LogP) is -0.0649. The molecule has 0 spiro atoms. The van der Waals surface area contributed by atoms with Gasteiger partial charge in [0.25, 0.3) is 0 Å². The van der Waals surface area contributed by atoms with Gasteiger partial charge in [0.05, 0.1) is 6.33 Å². The normalized spacial score (nSPS) is 10.4. The third kappa shape index (κ3) is 0.540. The van der Waals surface area contributed by atoms with Gasteiger partial charge in [0.2, 0.25) is 0 Å². The minimum atomic E-state index is 0.433. The number of aromatic nitrogens is 4. The summed E-state index contributed by atoms with van der Waals surface area (Å²) >= 11 is 0. The second-order valence-electron chi connectivity index (χ2n) is 1.86. The zero-order valence-corrected chi connectivity index (χ0v) is 5.07. The van der Waals surface area contributed by atoms with Gasteiger partial charge in [0, 0.05) is 0 Å².